The predicted molar refractivity (Wildman–Crippen MR) is 66.6 cm³/mol. The van der Waals surface area contributed by atoms with Crippen molar-refractivity contribution in [1.82, 2.24) is 4.31 Å². The van der Waals surface area contributed by atoms with Crippen LogP contribution in [0.15, 0.2) is 0 Å². The van der Waals surface area contributed by atoms with Crippen LogP contribution in [0.5, 0.6) is 0 Å². The molecule has 0 aliphatic heterocycles. The van der Waals surface area contributed by atoms with Gasteiger partial charge in [0.15, 0.2) is 0 Å². The van der Waals surface area contributed by atoms with Crippen LogP contribution < -0.4 is 0 Å². The largest absolute Gasteiger partial charge is 0.481 e. The van der Waals surface area contributed by atoms with Crippen molar-refractivity contribution in [3.8, 4) is 0 Å². The van der Waals surface area contributed by atoms with Crippen LogP contribution in [-0.4, -0.2) is 53.3 Å². The summed E-state index contributed by atoms with van der Waals surface area (Å²) in [5.74, 6) is -1.89. The van der Waals surface area contributed by atoms with Gasteiger partial charge in [0.1, 0.15) is 0 Å². The predicted octanol–water partition coefficient (Wildman–Crippen LogP) is 0.272. The fourth-order valence-electron chi connectivity index (χ4n) is 2.43. The Kier molecular flexibility index (Phi) is 4.40. The van der Waals surface area contributed by atoms with Gasteiger partial charge in [-0.15, -0.1) is 0 Å². The lowest BCUT2D eigenvalue weighted by Crippen LogP contribution is -2.45. The summed E-state index contributed by atoms with van der Waals surface area (Å²) in [7, 11) is -2.29. The van der Waals surface area contributed by atoms with Gasteiger partial charge in [-0.05, 0) is 26.7 Å². The molecule has 0 spiro atoms. The van der Waals surface area contributed by atoms with E-state index in [9.17, 15) is 18.3 Å². The summed E-state index contributed by atoms with van der Waals surface area (Å²) in [6.45, 7) is 2.99. The Morgan fingerprint density at radius 1 is 1.39 bits per heavy atom. The SMILES string of the molecule is CN(CC(C)(C)O)S(=O)(=O)C1CCCC1C(=O)O. The van der Waals surface area contributed by atoms with Crippen LogP contribution in [0, 0.1) is 5.92 Å². The first-order chi connectivity index (χ1) is 8.05. The minimum absolute atomic E-state index is 0.0435. The van der Waals surface area contributed by atoms with E-state index in [-0.39, 0.29) is 6.54 Å². The molecule has 0 aromatic carbocycles. The molecule has 0 amide bonds. The molecule has 2 N–H and O–H groups in total. The van der Waals surface area contributed by atoms with E-state index in [1.54, 1.807) is 0 Å². The molecule has 1 rings (SSSR count). The molecule has 1 aliphatic rings. The van der Waals surface area contributed by atoms with Crippen molar-refractivity contribution in [2.75, 3.05) is 13.6 Å². The third-order valence-corrected chi connectivity index (χ3v) is 5.52. The summed E-state index contributed by atoms with van der Waals surface area (Å²) in [4.78, 5) is 11.0. The standard InChI is InChI=1S/C11H21NO5S/c1-11(2,15)7-12(3)18(16,17)9-6-4-5-8(9)10(13)14/h8-9,15H,4-7H2,1-3H3,(H,13,14). The lowest BCUT2D eigenvalue weighted by atomic mass is 10.1. The number of aliphatic carboxylic acids is 1. The lowest BCUT2D eigenvalue weighted by molar-refractivity contribution is -0.141. The van der Waals surface area contributed by atoms with E-state index in [4.69, 9.17) is 5.11 Å². The topological polar surface area (TPSA) is 94.9 Å². The number of likely N-dealkylation sites (N-methyl/N-ethyl adjacent to an activating group) is 1. The molecule has 1 aliphatic carbocycles. The quantitative estimate of drug-likeness (QED) is 0.753. The molecular weight excluding hydrogens is 258 g/mol. The number of hydrogen-bond donors (Lipinski definition) is 2. The summed E-state index contributed by atoms with van der Waals surface area (Å²) in [6.07, 6.45) is 1.38. The van der Waals surface area contributed by atoms with Crippen molar-refractivity contribution in [1.29, 1.82) is 0 Å². The second-order valence-electron chi connectivity index (χ2n) is 5.53. The first-order valence-electron chi connectivity index (χ1n) is 5.96. The van der Waals surface area contributed by atoms with E-state index >= 15 is 0 Å². The van der Waals surface area contributed by atoms with Gasteiger partial charge in [0.2, 0.25) is 10.0 Å². The molecule has 7 heteroatoms. The fourth-order valence-corrected chi connectivity index (χ4v) is 4.52. The minimum Gasteiger partial charge on any atom is -0.481 e. The molecule has 1 saturated carbocycles. The first kappa shape index (κ1) is 15.4. The van der Waals surface area contributed by atoms with E-state index in [1.807, 2.05) is 0 Å². The second kappa shape index (κ2) is 5.14. The maximum atomic E-state index is 12.3. The van der Waals surface area contributed by atoms with Gasteiger partial charge in [0, 0.05) is 13.6 Å². The van der Waals surface area contributed by atoms with Gasteiger partial charge in [-0.2, -0.15) is 0 Å². The third-order valence-electron chi connectivity index (χ3n) is 3.20. The summed E-state index contributed by atoms with van der Waals surface area (Å²) in [6, 6.07) is 0. The Bertz CT molecular complexity index is 412. The highest BCUT2D eigenvalue weighted by atomic mass is 32.2. The molecule has 0 aromatic heterocycles. The lowest BCUT2D eigenvalue weighted by Gasteiger charge is -2.28. The Morgan fingerprint density at radius 2 is 1.94 bits per heavy atom. The molecule has 2 atom stereocenters. The van der Waals surface area contributed by atoms with Crippen LogP contribution in [0.3, 0.4) is 0 Å². The zero-order valence-corrected chi connectivity index (χ0v) is 11.8. The smallest absolute Gasteiger partial charge is 0.307 e. The highest BCUT2D eigenvalue weighted by Gasteiger charge is 2.44. The van der Waals surface area contributed by atoms with Crippen molar-refractivity contribution in [2.24, 2.45) is 5.92 Å². The van der Waals surface area contributed by atoms with E-state index in [0.29, 0.717) is 19.3 Å². The number of hydrogen-bond acceptors (Lipinski definition) is 4. The van der Waals surface area contributed by atoms with Gasteiger partial charge in [0.25, 0.3) is 0 Å². The van der Waals surface area contributed by atoms with Gasteiger partial charge >= 0.3 is 5.97 Å². The summed E-state index contributed by atoms with van der Waals surface area (Å²) in [5.41, 5.74) is -1.14. The summed E-state index contributed by atoms with van der Waals surface area (Å²) < 4.78 is 25.6. The van der Waals surface area contributed by atoms with Crippen molar-refractivity contribution < 1.29 is 23.4 Å². The number of carboxylic acid groups (broad SMARTS) is 1. The first-order valence-corrected chi connectivity index (χ1v) is 7.46. The molecule has 106 valence electrons. The zero-order valence-electron chi connectivity index (χ0n) is 11.0. The minimum atomic E-state index is -3.67. The molecule has 0 saturated heterocycles. The second-order valence-corrected chi connectivity index (χ2v) is 7.79. The number of aliphatic hydroxyl groups is 1. The van der Waals surface area contributed by atoms with Gasteiger partial charge in [0.05, 0.1) is 16.8 Å². The molecule has 18 heavy (non-hydrogen) atoms. The number of nitrogens with zero attached hydrogens (tertiary/aromatic N) is 1. The van der Waals surface area contributed by atoms with Crippen LogP contribution in [-0.2, 0) is 14.8 Å². The van der Waals surface area contributed by atoms with Crippen LogP contribution in [0.25, 0.3) is 0 Å². The van der Waals surface area contributed by atoms with E-state index in [0.717, 1.165) is 4.31 Å². The van der Waals surface area contributed by atoms with Crippen molar-refractivity contribution in [2.45, 2.75) is 44.0 Å². The molecule has 0 heterocycles. The normalized spacial score (nSPS) is 25.6. The van der Waals surface area contributed by atoms with Gasteiger partial charge in [-0.25, -0.2) is 12.7 Å². The zero-order chi connectivity index (χ0) is 14.1. The molecule has 1 fully saturated rings. The highest BCUT2D eigenvalue weighted by Crippen LogP contribution is 2.33. The van der Waals surface area contributed by atoms with Crippen molar-refractivity contribution in [3.05, 3.63) is 0 Å². The molecule has 0 aromatic rings. The fraction of sp³-hybridized carbons (Fsp3) is 0.909. The molecular formula is C11H21NO5S. The Morgan fingerprint density at radius 3 is 2.39 bits per heavy atom. The molecule has 0 bridgehead atoms. The number of carboxylic acids is 1. The highest BCUT2D eigenvalue weighted by molar-refractivity contribution is 7.89. The van der Waals surface area contributed by atoms with E-state index in [1.165, 1.54) is 20.9 Å². The summed E-state index contributed by atoms with van der Waals surface area (Å²) >= 11 is 0. The Labute approximate surface area is 108 Å². The van der Waals surface area contributed by atoms with E-state index in [2.05, 4.69) is 0 Å². The van der Waals surface area contributed by atoms with Crippen LogP contribution in [0.4, 0.5) is 0 Å². The monoisotopic (exact) mass is 279 g/mol. The third kappa shape index (κ3) is 3.43. The molecule has 0 radical (unpaired) electrons. The average molecular weight is 279 g/mol. The summed E-state index contributed by atoms with van der Waals surface area (Å²) in [5, 5.41) is 17.8. The Hall–Kier alpha value is -0.660. The van der Waals surface area contributed by atoms with E-state index < -0.39 is 32.8 Å². The number of carbonyl (C=O) groups is 1. The average Bonchev–Trinajstić information content (AvgIpc) is 2.63. The number of rotatable bonds is 5. The van der Waals surface area contributed by atoms with Crippen LogP contribution >= 0.6 is 0 Å². The number of sulfonamides is 1. The maximum absolute atomic E-state index is 12.3. The van der Waals surface area contributed by atoms with Gasteiger partial charge in [-0.3, -0.25) is 4.79 Å². The molecule has 2 unspecified atom stereocenters. The maximum Gasteiger partial charge on any atom is 0.307 e. The van der Waals surface area contributed by atoms with Crippen LogP contribution in [0.2, 0.25) is 0 Å². The van der Waals surface area contributed by atoms with Crippen molar-refractivity contribution in [3.63, 3.8) is 0 Å². The van der Waals surface area contributed by atoms with Gasteiger partial charge in [-0.1, -0.05) is 6.42 Å². The van der Waals surface area contributed by atoms with Gasteiger partial charge < -0.3 is 10.2 Å². The van der Waals surface area contributed by atoms with Crippen LogP contribution in [0.1, 0.15) is 33.1 Å². The molecule has 6 nitrogen and oxygen atoms in total. The Balaban J connectivity index is 2.89. The van der Waals surface area contributed by atoms with Crippen molar-refractivity contribution >= 4 is 16.0 Å².